The normalized spacial score (nSPS) is 11.1. The van der Waals surface area contributed by atoms with Crippen LogP contribution in [0.2, 0.25) is 0 Å². The molecular weight excluding hydrogens is 413 g/mol. The highest BCUT2D eigenvalue weighted by molar-refractivity contribution is 7.99. The molecule has 1 amide bonds. The first-order valence-corrected chi connectivity index (χ1v) is 10.5. The lowest BCUT2D eigenvalue weighted by molar-refractivity contribution is -0.113. The highest BCUT2D eigenvalue weighted by Crippen LogP contribution is 2.29. The molecule has 6 nitrogen and oxygen atoms in total. The first kappa shape index (κ1) is 19.2. The number of nitrogens with one attached hydrogen (secondary N) is 1. The summed E-state index contributed by atoms with van der Waals surface area (Å²) in [5.74, 6) is 0.263. The summed E-state index contributed by atoms with van der Waals surface area (Å²) in [5.41, 5.74) is 2.98. The van der Waals surface area contributed by atoms with Gasteiger partial charge in [-0.25, -0.2) is 9.37 Å². The number of amides is 1. The molecule has 0 spiro atoms. The molecular formula is C23H16FN5OS. The molecule has 2 heterocycles. The quantitative estimate of drug-likeness (QED) is 0.406. The Kier molecular flexibility index (Phi) is 5.05. The SMILES string of the molecule is O=C(CSc1nnc2c3ccccc3nc(-c3ccccc3)n12)Nc1ccc(F)cc1. The molecule has 8 heteroatoms. The molecule has 0 aliphatic carbocycles. The Balaban J connectivity index is 1.50. The molecule has 0 radical (unpaired) electrons. The third-order valence-corrected chi connectivity index (χ3v) is 5.64. The van der Waals surface area contributed by atoms with E-state index in [4.69, 9.17) is 4.98 Å². The van der Waals surface area contributed by atoms with E-state index in [1.165, 1.54) is 36.0 Å². The number of carbonyl (C=O) groups excluding carboxylic acids is 1. The number of anilines is 1. The Hall–Kier alpha value is -3.78. The fourth-order valence-electron chi connectivity index (χ4n) is 3.29. The second kappa shape index (κ2) is 8.16. The van der Waals surface area contributed by atoms with E-state index in [0.717, 1.165) is 16.5 Å². The molecule has 0 saturated heterocycles. The fraction of sp³-hybridized carbons (Fsp3) is 0.0435. The Morgan fingerprint density at radius 1 is 0.935 bits per heavy atom. The zero-order valence-electron chi connectivity index (χ0n) is 16.2. The summed E-state index contributed by atoms with van der Waals surface area (Å²) in [7, 11) is 0. The lowest BCUT2D eigenvalue weighted by atomic mass is 10.2. The van der Waals surface area contributed by atoms with E-state index < -0.39 is 0 Å². The Bertz CT molecular complexity index is 1390. The Morgan fingerprint density at radius 3 is 2.48 bits per heavy atom. The van der Waals surface area contributed by atoms with E-state index in [-0.39, 0.29) is 17.5 Å². The van der Waals surface area contributed by atoms with Crippen LogP contribution in [0.1, 0.15) is 0 Å². The number of aromatic nitrogens is 4. The minimum absolute atomic E-state index is 0.124. The van der Waals surface area contributed by atoms with Crippen LogP contribution < -0.4 is 5.32 Å². The van der Waals surface area contributed by atoms with Gasteiger partial charge in [0.1, 0.15) is 11.6 Å². The fourth-order valence-corrected chi connectivity index (χ4v) is 4.03. The van der Waals surface area contributed by atoms with Crippen molar-refractivity contribution in [1.29, 1.82) is 0 Å². The third-order valence-electron chi connectivity index (χ3n) is 4.71. The predicted molar refractivity (Wildman–Crippen MR) is 119 cm³/mol. The number of hydrogen-bond acceptors (Lipinski definition) is 5. The molecule has 0 aliphatic heterocycles. The molecule has 31 heavy (non-hydrogen) atoms. The lowest BCUT2D eigenvalue weighted by Gasteiger charge is -2.09. The van der Waals surface area contributed by atoms with Gasteiger partial charge in [0.15, 0.2) is 10.8 Å². The largest absolute Gasteiger partial charge is 0.325 e. The van der Waals surface area contributed by atoms with Crippen LogP contribution in [0.25, 0.3) is 27.9 Å². The summed E-state index contributed by atoms with van der Waals surface area (Å²) in [6.07, 6.45) is 0. The van der Waals surface area contributed by atoms with Crippen LogP contribution >= 0.6 is 11.8 Å². The molecule has 0 aliphatic rings. The maximum Gasteiger partial charge on any atom is 0.234 e. The number of thioether (sulfide) groups is 1. The molecule has 2 aromatic heterocycles. The molecule has 5 aromatic rings. The van der Waals surface area contributed by atoms with Crippen molar-refractivity contribution in [2.45, 2.75) is 5.16 Å². The van der Waals surface area contributed by atoms with Crippen molar-refractivity contribution in [3.8, 4) is 11.4 Å². The summed E-state index contributed by atoms with van der Waals surface area (Å²) in [4.78, 5) is 17.2. The van der Waals surface area contributed by atoms with E-state index in [9.17, 15) is 9.18 Å². The highest BCUT2D eigenvalue weighted by atomic mass is 32.2. The number of carbonyl (C=O) groups is 1. The smallest absolute Gasteiger partial charge is 0.234 e. The molecule has 0 fully saturated rings. The maximum absolute atomic E-state index is 13.1. The number of benzene rings is 3. The van der Waals surface area contributed by atoms with Crippen molar-refractivity contribution >= 4 is 39.9 Å². The van der Waals surface area contributed by atoms with Gasteiger partial charge in [0.05, 0.1) is 11.3 Å². The third kappa shape index (κ3) is 3.85. The molecule has 0 bridgehead atoms. The minimum atomic E-state index is -0.351. The van der Waals surface area contributed by atoms with Gasteiger partial charge in [0.2, 0.25) is 5.91 Å². The minimum Gasteiger partial charge on any atom is -0.325 e. The summed E-state index contributed by atoms with van der Waals surface area (Å²) in [6, 6.07) is 23.2. The summed E-state index contributed by atoms with van der Waals surface area (Å²) >= 11 is 1.27. The van der Waals surface area contributed by atoms with Crippen LogP contribution in [-0.4, -0.2) is 31.2 Å². The van der Waals surface area contributed by atoms with Gasteiger partial charge in [-0.1, -0.05) is 54.2 Å². The van der Waals surface area contributed by atoms with E-state index in [1.807, 2.05) is 59.0 Å². The molecule has 0 atom stereocenters. The number of fused-ring (bicyclic) bond motifs is 3. The predicted octanol–water partition coefficient (Wildman–Crippen LogP) is 4.81. The van der Waals surface area contributed by atoms with Gasteiger partial charge >= 0.3 is 0 Å². The van der Waals surface area contributed by atoms with Crippen LogP contribution in [0.3, 0.4) is 0 Å². The number of rotatable bonds is 5. The summed E-state index contributed by atoms with van der Waals surface area (Å²) < 4.78 is 14.9. The average molecular weight is 429 g/mol. The van der Waals surface area contributed by atoms with Crippen molar-refractivity contribution in [3.63, 3.8) is 0 Å². The number of nitrogens with zero attached hydrogens (tertiary/aromatic N) is 4. The standard InChI is InChI=1S/C23H16FN5OS/c24-16-10-12-17(13-11-16)25-20(30)14-31-23-28-27-22-18-8-4-5-9-19(18)26-21(29(22)23)15-6-2-1-3-7-15/h1-13H,14H2,(H,25,30). The summed E-state index contributed by atoms with van der Waals surface area (Å²) in [5, 5.41) is 12.9. The lowest BCUT2D eigenvalue weighted by Crippen LogP contribution is -2.14. The molecule has 1 N–H and O–H groups in total. The van der Waals surface area contributed by atoms with Crippen LogP contribution in [0.5, 0.6) is 0 Å². The number of para-hydroxylation sites is 1. The zero-order chi connectivity index (χ0) is 21.2. The second-order valence-electron chi connectivity index (χ2n) is 6.80. The van der Waals surface area contributed by atoms with Crippen LogP contribution in [0, 0.1) is 5.82 Å². The molecule has 5 rings (SSSR count). The molecule has 0 unspecified atom stereocenters. The van der Waals surface area contributed by atoms with E-state index in [2.05, 4.69) is 15.5 Å². The van der Waals surface area contributed by atoms with Gasteiger partial charge < -0.3 is 5.32 Å². The van der Waals surface area contributed by atoms with Gasteiger partial charge in [-0.15, -0.1) is 10.2 Å². The van der Waals surface area contributed by atoms with Gasteiger partial charge in [-0.05, 0) is 36.4 Å². The first-order chi connectivity index (χ1) is 15.2. The molecule has 152 valence electrons. The van der Waals surface area contributed by atoms with E-state index in [0.29, 0.717) is 22.3 Å². The van der Waals surface area contributed by atoms with Gasteiger partial charge in [0, 0.05) is 16.6 Å². The average Bonchev–Trinajstić information content (AvgIpc) is 3.24. The van der Waals surface area contributed by atoms with Crippen LogP contribution in [0.4, 0.5) is 10.1 Å². The van der Waals surface area contributed by atoms with Crippen molar-refractivity contribution in [3.05, 3.63) is 84.7 Å². The van der Waals surface area contributed by atoms with Gasteiger partial charge in [-0.3, -0.25) is 9.20 Å². The van der Waals surface area contributed by atoms with Gasteiger partial charge in [-0.2, -0.15) is 0 Å². The number of hydrogen-bond donors (Lipinski definition) is 1. The second-order valence-corrected chi connectivity index (χ2v) is 7.75. The molecule has 3 aromatic carbocycles. The molecule has 0 saturated carbocycles. The Labute approximate surface area is 181 Å². The maximum atomic E-state index is 13.1. The first-order valence-electron chi connectivity index (χ1n) is 9.56. The van der Waals surface area contributed by atoms with E-state index in [1.54, 1.807) is 0 Å². The highest BCUT2D eigenvalue weighted by Gasteiger charge is 2.17. The topological polar surface area (TPSA) is 72.2 Å². The van der Waals surface area contributed by atoms with Gasteiger partial charge in [0.25, 0.3) is 0 Å². The zero-order valence-corrected chi connectivity index (χ0v) is 17.0. The van der Waals surface area contributed by atoms with Crippen molar-refractivity contribution < 1.29 is 9.18 Å². The van der Waals surface area contributed by atoms with Crippen LogP contribution in [-0.2, 0) is 4.79 Å². The van der Waals surface area contributed by atoms with E-state index >= 15 is 0 Å². The van der Waals surface area contributed by atoms with Crippen molar-refractivity contribution in [2.75, 3.05) is 11.1 Å². The monoisotopic (exact) mass is 429 g/mol. The Morgan fingerprint density at radius 2 is 1.68 bits per heavy atom. The summed E-state index contributed by atoms with van der Waals surface area (Å²) in [6.45, 7) is 0. The van der Waals surface area contributed by atoms with Crippen LogP contribution in [0.15, 0.2) is 84.0 Å². The van der Waals surface area contributed by atoms with Crippen molar-refractivity contribution in [1.82, 2.24) is 19.6 Å². The number of halogens is 1. The van der Waals surface area contributed by atoms with Crippen molar-refractivity contribution in [2.24, 2.45) is 0 Å².